The third kappa shape index (κ3) is 3.87. The molecule has 1 aromatic rings. The summed E-state index contributed by atoms with van der Waals surface area (Å²) in [5.74, 6) is -2.50. The van der Waals surface area contributed by atoms with Gasteiger partial charge in [-0.25, -0.2) is 4.79 Å². The maximum absolute atomic E-state index is 11.6. The van der Waals surface area contributed by atoms with Gasteiger partial charge in [-0.1, -0.05) is 0 Å². The van der Waals surface area contributed by atoms with E-state index < -0.39 is 30.3 Å². The number of amides is 1. The molecule has 0 aliphatic carbocycles. The third-order valence-electron chi connectivity index (χ3n) is 1.99. The molecular formula is C10H11NO5S. The molecule has 0 saturated heterocycles. The van der Waals surface area contributed by atoms with Gasteiger partial charge >= 0.3 is 11.9 Å². The highest BCUT2D eigenvalue weighted by Crippen LogP contribution is 2.06. The molecule has 0 aliphatic heterocycles. The number of carbonyl (C=O) groups is 3. The number of thiophene rings is 1. The highest BCUT2D eigenvalue weighted by molar-refractivity contribution is 7.08. The Morgan fingerprint density at radius 2 is 2.24 bits per heavy atom. The first-order chi connectivity index (χ1) is 8.04. The van der Waals surface area contributed by atoms with Gasteiger partial charge in [0.2, 0.25) is 0 Å². The molecular weight excluding hydrogens is 246 g/mol. The van der Waals surface area contributed by atoms with Crippen molar-refractivity contribution >= 4 is 29.2 Å². The van der Waals surface area contributed by atoms with Crippen LogP contribution in [-0.2, 0) is 14.3 Å². The van der Waals surface area contributed by atoms with E-state index in [9.17, 15) is 14.4 Å². The summed E-state index contributed by atoms with van der Waals surface area (Å²) in [4.78, 5) is 33.4. The van der Waals surface area contributed by atoms with E-state index in [1.54, 1.807) is 16.8 Å². The normalized spacial score (nSPS) is 11.6. The van der Waals surface area contributed by atoms with E-state index >= 15 is 0 Å². The Hall–Kier alpha value is -1.89. The van der Waals surface area contributed by atoms with Crippen molar-refractivity contribution in [3.8, 4) is 0 Å². The molecule has 0 unspecified atom stereocenters. The van der Waals surface area contributed by atoms with Crippen molar-refractivity contribution < 1.29 is 24.2 Å². The van der Waals surface area contributed by atoms with E-state index in [4.69, 9.17) is 5.11 Å². The number of hydrogen-bond donors (Lipinski definition) is 2. The average molecular weight is 257 g/mol. The summed E-state index contributed by atoms with van der Waals surface area (Å²) in [6.45, 7) is 0. The van der Waals surface area contributed by atoms with Gasteiger partial charge in [-0.3, -0.25) is 9.59 Å². The molecule has 0 saturated carbocycles. The Labute approximate surface area is 101 Å². The van der Waals surface area contributed by atoms with Gasteiger partial charge in [-0.05, 0) is 11.4 Å². The lowest BCUT2D eigenvalue weighted by Gasteiger charge is -2.12. The first-order valence-electron chi connectivity index (χ1n) is 4.67. The van der Waals surface area contributed by atoms with Crippen molar-refractivity contribution in [1.82, 2.24) is 5.32 Å². The Bertz CT molecular complexity index is 414. The number of ether oxygens (including phenoxy) is 1. The van der Waals surface area contributed by atoms with E-state index in [2.05, 4.69) is 10.1 Å². The van der Waals surface area contributed by atoms with Gasteiger partial charge in [0.05, 0.1) is 19.1 Å². The second-order valence-electron chi connectivity index (χ2n) is 3.16. The molecule has 0 bridgehead atoms. The van der Waals surface area contributed by atoms with Crippen molar-refractivity contribution in [3.05, 3.63) is 22.4 Å². The fraction of sp³-hybridized carbons (Fsp3) is 0.300. The van der Waals surface area contributed by atoms with Crippen LogP contribution >= 0.6 is 11.3 Å². The van der Waals surface area contributed by atoms with Crippen LogP contribution in [0, 0.1) is 0 Å². The number of hydrogen-bond acceptors (Lipinski definition) is 5. The van der Waals surface area contributed by atoms with Gasteiger partial charge in [0.15, 0.2) is 0 Å². The number of rotatable bonds is 5. The minimum atomic E-state index is -1.28. The summed E-state index contributed by atoms with van der Waals surface area (Å²) in [6, 6.07) is 0.284. The number of aliphatic carboxylic acids is 1. The highest BCUT2D eigenvalue weighted by Gasteiger charge is 2.24. The van der Waals surface area contributed by atoms with Crippen LogP contribution in [0.15, 0.2) is 16.8 Å². The molecule has 92 valence electrons. The van der Waals surface area contributed by atoms with Crippen LogP contribution in [0.3, 0.4) is 0 Å². The number of carboxylic acids is 1. The van der Waals surface area contributed by atoms with Crippen LogP contribution in [0.5, 0.6) is 0 Å². The lowest BCUT2D eigenvalue weighted by Crippen LogP contribution is -2.42. The minimum Gasteiger partial charge on any atom is -0.480 e. The van der Waals surface area contributed by atoms with Crippen molar-refractivity contribution in [2.75, 3.05) is 7.11 Å². The summed E-state index contributed by atoms with van der Waals surface area (Å²) in [7, 11) is 1.15. The molecule has 1 aromatic heterocycles. The Morgan fingerprint density at radius 1 is 1.53 bits per heavy atom. The molecule has 2 N–H and O–H groups in total. The topological polar surface area (TPSA) is 92.7 Å². The first kappa shape index (κ1) is 13.2. The SMILES string of the molecule is COC(=O)C[C@H](NC(=O)c1ccsc1)C(=O)O. The summed E-state index contributed by atoms with van der Waals surface area (Å²) < 4.78 is 4.35. The van der Waals surface area contributed by atoms with Crippen molar-refractivity contribution in [1.29, 1.82) is 0 Å². The van der Waals surface area contributed by atoms with Crippen molar-refractivity contribution in [2.24, 2.45) is 0 Å². The molecule has 7 heteroatoms. The highest BCUT2D eigenvalue weighted by atomic mass is 32.1. The van der Waals surface area contributed by atoms with Gasteiger partial charge in [0, 0.05) is 5.38 Å². The Kier molecular flexibility index (Phi) is 4.65. The summed E-state index contributed by atoms with van der Waals surface area (Å²) in [5, 5.41) is 14.4. The molecule has 1 atom stereocenters. The minimum absolute atomic E-state index is 0.367. The molecule has 0 aromatic carbocycles. The number of nitrogens with one attached hydrogen (secondary N) is 1. The van der Waals surface area contributed by atoms with E-state index in [-0.39, 0.29) is 0 Å². The zero-order valence-corrected chi connectivity index (χ0v) is 9.82. The maximum Gasteiger partial charge on any atom is 0.326 e. The van der Waals surface area contributed by atoms with E-state index in [1.807, 2.05) is 0 Å². The van der Waals surface area contributed by atoms with Crippen LogP contribution in [0.25, 0.3) is 0 Å². The Morgan fingerprint density at radius 3 is 2.71 bits per heavy atom. The van der Waals surface area contributed by atoms with E-state index in [1.165, 1.54) is 11.3 Å². The lowest BCUT2D eigenvalue weighted by atomic mass is 10.2. The summed E-state index contributed by atoms with van der Waals surface area (Å²) >= 11 is 1.32. The largest absolute Gasteiger partial charge is 0.480 e. The van der Waals surface area contributed by atoms with Crippen LogP contribution in [-0.4, -0.2) is 36.1 Å². The quantitative estimate of drug-likeness (QED) is 0.749. The van der Waals surface area contributed by atoms with Gasteiger partial charge in [0.25, 0.3) is 5.91 Å². The average Bonchev–Trinajstić information content (AvgIpc) is 2.81. The smallest absolute Gasteiger partial charge is 0.326 e. The maximum atomic E-state index is 11.6. The number of carbonyl (C=O) groups excluding carboxylic acids is 2. The zero-order chi connectivity index (χ0) is 12.8. The number of methoxy groups -OCH3 is 1. The van der Waals surface area contributed by atoms with Crippen molar-refractivity contribution in [2.45, 2.75) is 12.5 Å². The van der Waals surface area contributed by atoms with E-state index in [0.717, 1.165) is 7.11 Å². The molecule has 0 fully saturated rings. The fourth-order valence-electron chi connectivity index (χ4n) is 1.09. The summed E-state index contributed by atoms with van der Waals surface area (Å²) in [5.41, 5.74) is 0.367. The molecule has 6 nitrogen and oxygen atoms in total. The zero-order valence-electron chi connectivity index (χ0n) is 9.00. The van der Waals surface area contributed by atoms with Crippen LogP contribution in [0.4, 0.5) is 0 Å². The molecule has 17 heavy (non-hydrogen) atoms. The second kappa shape index (κ2) is 6.00. The monoisotopic (exact) mass is 257 g/mol. The molecule has 1 heterocycles. The molecule has 1 rings (SSSR count). The Balaban J connectivity index is 2.64. The standard InChI is InChI=1S/C10H11NO5S/c1-16-8(12)4-7(10(14)15)11-9(13)6-2-3-17-5-6/h2-3,5,7H,4H2,1H3,(H,11,13)(H,14,15)/t7-/m0/s1. The predicted molar refractivity (Wildman–Crippen MR) is 59.8 cm³/mol. The second-order valence-corrected chi connectivity index (χ2v) is 3.94. The lowest BCUT2D eigenvalue weighted by molar-refractivity contribution is -0.147. The first-order valence-corrected chi connectivity index (χ1v) is 5.61. The molecule has 0 spiro atoms. The predicted octanol–water partition coefficient (Wildman–Crippen LogP) is 0.494. The van der Waals surface area contributed by atoms with Gasteiger partial charge < -0.3 is 15.2 Å². The van der Waals surface area contributed by atoms with Crippen LogP contribution in [0.2, 0.25) is 0 Å². The van der Waals surface area contributed by atoms with Gasteiger partial charge in [0.1, 0.15) is 6.04 Å². The third-order valence-corrected chi connectivity index (χ3v) is 2.67. The molecule has 1 amide bonds. The summed E-state index contributed by atoms with van der Waals surface area (Å²) in [6.07, 6.45) is -0.401. The van der Waals surface area contributed by atoms with Gasteiger partial charge in [-0.15, -0.1) is 0 Å². The molecule has 0 radical (unpaired) electrons. The van der Waals surface area contributed by atoms with Crippen LogP contribution in [0.1, 0.15) is 16.8 Å². The molecule has 0 aliphatic rings. The van der Waals surface area contributed by atoms with Gasteiger partial charge in [-0.2, -0.15) is 11.3 Å². The number of esters is 1. The fourth-order valence-corrected chi connectivity index (χ4v) is 1.72. The van der Waals surface area contributed by atoms with Crippen molar-refractivity contribution in [3.63, 3.8) is 0 Å². The van der Waals surface area contributed by atoms with E-state index in [0.29, 0.717) is 5.56 Å². The van der Waals surface area contributed by atoms with Crippen LogP contribution < -0.4 is 5.32 Å². The number of carboxylic acid groups (broad SMARTS) is 1.